The number of unbranched alkanes of at least 4 members (excludes halogenated alkanes) is 1. The van der Waals surface area contributed by atoms with Gasteiger partial charge in [0, 0.05) is 5.56 Å². The van der Waals surface area contributed by atoms with Gasteiger partial charge in [0.1, 0.15) is 5.82 Å². The molecular weight excluding hydrogens is 299 g/mol. The van der Waals surface area contributed by atoms with Crippen LogP contribution in [0.15, 0.2) is 52.7 Å². The molecule has 0 aromatic heterocycles. The highest BCUT2D eigenvalue weighted by molar-refractivity contribution is 5.82. The minimum Gasteiger partial charge on any atom is -0.206 e. The topological polar surface area (TPSA) is 24.7 Å². The molecule has 0 atom stereocenters. The van der Waals surface area contributed by atoms with E-state index in [1.165, 1.54) is 11.8 Å². The predicted molar refractivity (Wildman–Crippen MR) is 101 cm³/mol. The molecule has 3 heteroatoms. The number of hydrogen-bond donors (Lipinski definition) is 0. The van der Waals surface area contributed by atoms with E-state index in [9.17, 15) is 4.39 Å². The Bertz CT molecular complexity index is 687. The van der Waals surface area contributed by atoms with Crippen molar-refractivity contribution >= 4 is 12.4 Å². The van der Waals surface area contributed by atoms with Crippen molar-refractivity contribution in [3.63, 3.8) is 0 Å². The summed E-state index contributed by atoms with van der Waals surface area (Å²) in [6, 6.07) is 13.6. The van der Waals surface area contributed by atoms with Crippen LogP contribution in [0.25, 0.3) is 0 Å². The molecule has 0 aliphatic rings. The summed E-state index contributed by atoms with van der Waals surface area (Å²) in [5.41, 5.74) is 3.80. The molecule has 0 N–H and O–H groups in total. The molecule has 2 aromatic carbocycles. The molecule has 0 fully saturated rings. The first kappa shape index (κ1) is 18.1. The molecule has 2 aromatic rings. The Morgan fingerprint density at radius 2 is 1.54 bits per heavy atom. The molecular formula is C21H25FN2. The van der Waals surface area contributed by atoms with E-state index < -0.39 is 0 Å². The Morgan fingerprint density at radius 1 is 0.833 bits per heavy atom. The van der Waals surface area contributed by atoms with Gasteiger partial charge in [-0.3, -0.25) is 0 Å². The molecule has 0 spiro atoms. The van der Waals surface area contributed by atoms with Crippen molar-refractivity contribution in [3.8, 4) is 0 Å². The highest BCUT2D eigenvalue weighted by atomic mass is 19.1. The second-order valence-corrected chi connectivity index (χ2v) is 5.94. The van der Waals surface area contributed by atoms with E-state index in [0.29, 0.717) is 5.56 Å². The molecule has 0 heterocycles. The van der Waals surface area contributed by atoms with E-state index in [0.717, 1.165) is 43.2 Å². The molecule has 0 amide bonds. The van der Waals surface area contributed by atoms with E-state index in [4.69, 9.17) is 0 Å². The second-order valence-electron chi connectivity index (χ2n) is 5.94. The Morgan fingerprint density at radius 3 is 2.21 bits per heavy atom. The van der Waals surface area contributed by atoms with Crippen molar-refractivity contribution in [3.05, 3.63) is 70.5 Å². The molecule has 0 aliphatic heterocycles. The molecule has 0 unspecified atom stereocenters. The number of rotatable bonds is 8. The number of benzene rings is 2. The largest absolute Gasteiger partial charge is 0.206 e. The quantitative estimate of drug-likeness (QED) is 0.448. The lowest BCUT2D eigenvalue weighted by atomic mass is 10.1. The van der Waals surface area contributed by atoms with Crippen LogP contribution in [-0.4, -0.2) is 12.4 Å². The van der Waals surface area contributed by atoms with Crippen LogP contribution in [0.4, 0.5) is 4.39 Å². The summed E-state index contributed by atoms with van der Waals surface area (Å²) in [6.45, 7) is 4.30. The van der Waals surface area contributed by atoms with Gasteiger partial charge in [-0.25, -0.2) is 4.39 Å². The maximum Gasteiger partial charge on any atom is 0.132 e. The van der Waals surface area contributed by atoms with Gasteiger partial charge >= 0.3 is 0 Å². The lowest BCUT2D eigenvalue weighted by molar-refractivity contribution is 0.622. The standard InChI is InChI=1S/C21H25FN2/c1-3-5-7-18-12-13-20(21(22)14-18)16-24-23-15-19-10-8-17(6-4-2)9-11-19/h8-16H,3-7H2,1-2H3. The van der Waals surface area contributed by atoms with Gasteiger partial charge in [-0.1, -0.05) is 63.1 Å². The highest BCUT2D eigenvalue weighted by Crippen LogP contribution is 2.11. The fraction of sp³-hybridized carbons (Fsp3) is 0.333. The number of aryl methyl sites for hydroxylation is 2. The molecule has 0 saturated heterocycles. The van der Waals surface area contributed by atoms with Crippen molar-refractivity contribution in [1.82, 2.24) is 0 Å². The van der Waals surface area contributed by atoms with Gasteiger partial charge in [0.2, 0.25) is 0 Å². The molecule has 0 bridgehead atoms. The molecule has 2 nitrogen and oxygen atoms in total. The van der Waals surface area contributed by atoms with Gasteiger partial charge in [-0.2, -0.15) is 10.2 Å². The van der Waals surface area contributed by atoms with Gasteiger partial charge in [-0.15, -0.1) is 0 Å². The van der Waals surface area contributed by atoms with E-state index in [2.05, 4.69) is 36.2 Å². The first-order valence-corrected chi connectivity index (χ1v) is 8.66. The maximum atomic E-state index is 14.0. The zero-order chi connectivity index (χ0) is 17.2. The molecule has 0 radical (unpaired) electrons. The van der Waals surface area contributed by atoms with E-state index in [1.807, 2.05) is 18.2 Å². The second kappa shape index (κ2) is 9.76. The zero-order valence-corrected chi connectivity index (χ0v) is 14.5. The summed E-state index contributed by atoms with van der Waals surface area (Å²) in [5, 5.41) is 7.96. The van der Waals surface area contributed by atoms with Gasteiger partial charge < -0.3 is 0 Å². The molecule has 24 heavy (non-hydrogen) atoms. The minimum atomic E-state index is -0.244. The number of hydrogen-bond acceptors (Lipinski definition) is 2. The van der Waals surface area contributed by atoms with E-state index in [-0.39, 0.29) is 5.82 Å². The van der Waals surface area contributed by atoms with Crippen LogP contribution in [-0.2, 0) is 12.8 Å². The molecule has 0 saturated carbocycles. The first-order valence-electron chi connectivity index (χ1n) is 8.66. The van der Waals surface area contributed by atoms with Gasteiger partial charge in [0.05, 0.1) is 12.4 Å². The summed E-state index contributed by atoms with van der Waals surface area (Å²) in [6.07, 6.45) is 8.47. The average Bonchev–Trinajstić information content (AvgIpc) is 2.60. The van der Waals surface area contributed by atoms with Crippen molar-refractivity contribution in [2.24, 2.45) is 10.2 Å². The zero-order valence-electron chi connectivity index (χ0n) is 14.5. The Labute approximate surface area is 144 Å². The smallest absolute Gasteiger partial charge is 0.132 e. The molecule has 0 aliphatic carbocycles. The fourth-order valence-corrected chi connectivity index (χ4v) is 2.47. The molecule has 126 valence electrons. The lowest BCUT2D eigenvalue weighted by Gasteiger charge is -2.01. The van der Waals surface area contributed by atoms with Crippen LogP contribution in [0.3, 0.4) is 0 Å². The van der Waals surface area contributed by atoms with Crippen LogP contribution in [0.2, 0.25) is 0 Å². The van der Waals surface area contributed by atoms with Crippen LogP contribution in [0.1, 0.15) is 55.4 Å². The highest BCUT2D eigenvalue weighted by Gasteiger charge is 2.01. The third-order valence-electron chi connectivity index (χ3n) is 3.87. The van der Waals surface area contributed by atoms with Crippen molar-refractivity contribution in [1.29, 1.82) is 0 Å². The van der Waals surface area contributed by atoms with Gasteiger partial charge in [0.15, 0.2) is 0 Å². The van der Waals surface area contributed by atoms with Crippen LogP contribution in [0, 0.1) is 5.82 Å². The Balaban J connectivity index is 1.95. The SMILES string of the molecule is CCCCc1ccc(C=NN=Cc2ccc(CCC)cc2)c(F)c1. The summed E-state index contributed by atoms with van der Waals surface area (Å²) in [4.78, 5) is 0. The van der Waals surface area contributed by atoms with Crippen molar-refractivity contribution in [2.45, 2.75) is 46.0 Å². The van der Waals surface area contributed by atoms with Crippen molar-refractivity contribution in [2.75, 3.05) is 0 Å². The third kappa shape index (κ3) is 5.73. The van der Waals surface area contributed by atoms with Gasteiger partial charge in [-0.05, 0) is 42.0 Å². The monoisotopic (exact) mass is 324 g/mol. The maximum absolute atomic E-state index is 14.0. The normalized spacial score (nSPS) is 11.6. The Kier molecular flexibility index (Phi) is 7.34. The van der Waals surface area contributed by atoms with Crippen LogP contribution < -0.4 is 0 Å². The minimum absolute atomic E-state index is 0.244. The summed E-state index contributed by atoms with van der Waals surface area (Å²) >= 11 is 0. The van der Waals surface area contributed by atoms with Gasteiger partial charge in [0.25, 0.3) is 0 Å². The van der Waals surface area contributed by atoms with Crippen LogP contribution >= 0.6 is 0 Å². The lowest BCUT2D eigenvalue weighted by Crippen LogP contribution is -1.92. The molecule has 2 rings (SSSR count). The average molecular weight is 324 g/mol. The van der Waals surface area contributed by atoms with Crippen LogP contribution in [0.5, 0.6) is 0 Å². The number of nitrogens with zero attached hydrogens (tertiary/aromatic N) is 2. The Hall–Kier alpha value is -2.29. The summed E-state index contributed by atoms with van der Waals surface area (Å²) in [5.74, 6) is -0.244. The first-order chi connectivity index (χ1) is 11.7. The number of halogens is 1. The predicted octanol–water partition coefficient (Wildman–Crippen LogP) is 5.57. The summed E-state index contributed by atoms with van der Waals surface area (Å²) in [7, 11) is 0. The van der Waals surface area contributed by atoms with E-state index in [1.54, 1.807) is 18.3 Å². The van der Waals surface area contributed by atoms with E-state index >= 15 is 0 Å². The fourth-order valence-electron chi connectivity index (χ4n) is 2.47. The third-order valence-corrected chi connectivity index (χ3v) is 3.87. The van der Waals surface area contributed by atoms with Crippen molar-refractivity contribution < 1.29 is 4.39 Å². The summed E-state index contributed by atoms with van der Waals surface area (Å²) < 4.78 is 14.0.